The van der Waals surface area contributed by atoms with E-state index in [0.717, 1.165) is 16.7 Å². The summed E-state index contributed by atoms with van der Waals surface area (Å²) in [5.74, 6) is -0.230. The van der Waals surface area contributed by atoms with Crippen molar-refractivity contribution in [2.45, 2.75) is 13.8 Å². The Morgan fingerprint density at radius 3 is 2.42 bits per heavy atom. The minimum absolute atomic E-state index is 0.0651. The van der Waals surface area contributed by atoms with Gasteiger partial charge >= 0.3 is 5.97 Å². The smallest absolute Gasteiger partial charge is 0.339 e. The Labute approximate surface area is 111 Å². The molecule has 1 aromatic heterocycles. The van der Waals surface area contributed by atoms with Crippen molar-refractivity contribution in [1.29, 1.82) is 0 Å². The molecule has 1 aromatic carbocycles. The number of rotatable bonds is 3. The highest BCUT2D eigenvalue weighted by molar-refractivity contribution is 5.95. The molecular formula is C14H16N2O3. The first-order valence-corrected chi connectivity index (χ1v) is 5.81. The number of carboxylic acid groups (broad SMARTS) is 1. The number of hydrogen-bond donors (Lipinski definition) is 3. The summed E-state index contributed by atoms with van der Waals surface area (Å²) in [6.07, 6.45) is 0. The highest BCUT2D eigenvalue weighted by Gasteiger charge is 2.16. The van der Waals surface area contributed by atoms with Gasteiger partial charge in [-0.3, -0.25) is 0 Å². The number of nitrogens with one attached hydrogen (secondary N) is 1. The number of H-pyrrole nitrogens is 1. The van der Waals surface area contributed by atoms with Crippen molar-refractivity contribution in [3.05, 3.63) is 34.9 Å². The lowest BCUT2D eigenvalue weighted by Crippen LogP contribution is -1.98. The summed E-state index contributed by atoms with van der Waals surface area (Å²) in [6, 6.07) is 5.39. The first-order chi connectivity index (χ1) is 8.93. The number of nitrogen functional groups attached to an aromatic ring is 1. The topological polar surface area (TPSA) is 88.3 Å². The second-order valence-corrected chi connectivity index (χ2v) is 4.45. The highest BCUT2D eigenvalue weighted by atomic mass is 16.5. The van der Waals surface area contributed by atoms with Crippen LogP contribution in [0.15, 0.2) is 18.2 Å². The lowest BCUT2D eigenvalue weighted by atomic mass is 10.0. The van der Waals surface area contributed by atoms with E-state index in [4.69, 9.17) is 15.6 Å². The van der Waals surface area contributed by atoms with E-state index in [-0.39, 0.29) is 11.4 Å². The maximum absolute atomic E-state index is 11.0. The number of hydrogen-bond acceptors (Lipinski definition) is 3. The first-order valence-electron chi connectivity index (χ1n) is 5.81. The molecule has 0 saturated carbocycles. The van der Waals surface area contributed by atoms with Gasteiger partial charge in [0.25, 0.3) is 0 Å². The molecule has 19 heavy (non-hydrogen) atoms. The highest BCUT2D eigenvalue weighted by Crippen LogP contribution is 2.33. The molecule has 4 N–H and O–H groups in total. The molecule has 2 aromatic rings. The number of methoxy groups -OCH3 is 1. The number of anilines is 1. The molecule has 5 heteroatoms. The number of carboxylic acids is 1. The monoisotopic (exact) mass is 260 g/mol. The lowest BCUT2D eigenvalue weighted by Gasteiger charge is -2.10. The fourth-order valence-electron chi connectivity index (χ4n) is 1.96. The van der Waals surface area contributed by atoms with Crippen molar-refractivity contribution >= 4 is 11.8 Å². The Morgan fingerprint density at radius 2 is 1.89 bits per heavy atom. The van der Waals surface area contributed by atoms with Crippen LogP contribution in [0.1, 0.15) is 21.5 Å². The Morgan fingerprint density at radius 1 is 1.26 bits per heavy atom. The van der Waals surface area contributed by atoms with Crippen LogP contribution >= 0.6 is 0 Å². The second kappa shape index (κ2) is 4.68. The van der Waals surface area contributed by atoms with Gasteiger partial charge in [-0.25, -0.2) is 4.79 Å². The van der Waals surface area contributed by atoms with E-state index in [0.29, 0.717) is 11.4 Å². The Bertz CT molecular complexity index is 644. The third kappa shape index (κ3) is 2.27. The summed E-state index contributed by atoms with van der Waals surface area (Å²) < 4.78 is 5.34. The van der Waals surface area contributed by atoms with Gasteiger partial charge < -0.3 is 20.6 Å². The summed E-state index contributed by atoms with van der Waals surface area (Å²) in [6.45, 7) is 3.98. The SMILES string of the molecule is COc1cc(C)c(C)cc1-c1cc(C(=O)O)c(N)[nH]1. The molecule has 100 valence electrons. The minimum Gasteiger partial charge on any atom is -0.496 e. The van der Waals surface area contributed by atoms with E-state index >= 15 is 0 Å². The molecule has 0 spiro atoms. The van der Waals surface area contributed by atoms with Crippen molar-refractivity contribution in [2.24, 2.45) is 0 Å². The van der Waals surface area contributed by atoms with E-state index < -0.39 is 5.97 Å². The summed E-state index contributed by atoms with van der Waals surface area (Å²) in [5, 5.41) is 9.02. The van der Waals surface area contributed by atoms with Crippen LogP contribution in [0, 0.1) is 13.8 Å². The zero-order valence-corrected chi connectivity index (χ0v) is 11.1. The van der Waals surface area contributed by atoms with Gasteiger partial charge in [0.1, 0.15) is 17.1 Å². The van der Waals surface area contributed by atoms with Gasteiger partial charge in [-0.2, -0.15) is 0 Å². The molecule has 0 bridgehead atoms. The predicted molar refractivity (Wildman–Crippen MR) is 73.6 cm³/mol. The number of aryl methyl sites for hydroxylation is 2. The van der Waals surface area contributed by atoms with Crippen LogP contribution in [0.5, 0.6) is 5.75 Å². The van der Waals surface area contributed by atoms with Gasteiger partial charge in [-0.15, -0.1) is 0 Å². The molecule has 1 heterocycles. The lowest BCUT2D eigenvalue weighted by molar-refractivity contribution is 0.0698. The van der Waals surface area contributed by atoms with Crippen LogP contribution in [-0.4, -0.2) is 23.2 Å². The number of ether oxygens (including phenoxy) is 1. The number of benzene rings is 1. The van der Waals surface area contributed by atoms with E-state index in [1.54, 1.807) is 7.11 Å². The van der Waals surface area contributed by atoms with E-state index in [2.05, 4.69) is 4.98 Å². The minimum atomic E-state index is -1.05. The van der Waals surface area contributed by atoms with Crippen molar-refractivity contribution in [3.8, 4) is 17.0 Å². The Hall–Kier alpha value is -2.43. The van der Waals surface area contributed by atoms with Crippen LogP contribution in [0.4, 0.5) is 5.82 Å². The van der Waals surface area contributed by atoms with Crippen LogP contribution in [-0.2, 0) is 0 Å². The molecule has 0 aliphatic carbocycles. The first kappa shape index (κ1) is 13.0. The van der Waals surface area contributed by atoms with E-state index in [1.807, 2.05) is 26.0 Å². The maximum atomic E-state index is 11.0. The summed E-state index contributed by atoms with van der Waals surface area (Å²) in [7, 11) is 1.58. The molecule has 0 fully saturated rings. The fraction of sp³-hybridized carbons (Fsp3) is 0.214. The third-order valence-corrected chi connectivity index (χ3v) is 3.18. The van der Waals surface area contributed by atoms with Gasteiger partial charge in [0.05, 0.1) is 12.8 Å². The summed E-state index contributed by atoms with van der Waals surface area (Å²) >= 11 is 0. The fourth-order valence-corrected chi connectivity index (χ4v) is 1.96. The molecule has 0 radical (unpaired) electrons. The maximum Gasteiger partial charge on any atom is 0.339 e. The van der Waals surface area contributed by atoms with Gasteiger partial charge in [0.15, 0.2) is 0 Å². The quantitative estimate of drug-likeness (QED) is 0.791. The Balaban J connectivity index is 2.61. The molecule has 2 rings (SSSR count). The van der Waals surface area contributed by atoms with Gasteiger partial charge in [0.2, 0.25) is 0 Å². The molecule has 0 aliphatic heterocycles. The Kier molecular flexibility index (Phi) is 3.21. The predicted octanol–water partition coefficient (Wildman–Crippen LogP) is 2.59. The van der Waals surface area contributed by atoms with Crippen LogP contribution < -0.4 is 10.5 Å². The molecule has 0 amide bonds. The zero-order chi connectivity index (χ0) is 14.2. The van der Waals surface area contributed by atoms with Crippen molar-refractivity contribution in [3.63, 3.8) is 0 Å². The number of aromatic amines is 1. The molecule has 0 unspecified atom stereocenters. The van der Waals surface area contributed by atoms with Crippen molar-refractivity contribution in [2.75, 3.05) is 12.8 Å². The van der Waals surface area contributed by atoms with Gasteiger partial charge in [-0.05, 0) is 43.2 Å². The molecule has 0 atom stereocenters. The van der Waals surface area contributed by atoms with Crippen molar-refractivity contribution < 1.29 is 14.6 Å². The van der Waals surface area contributed by atoms with Crippen LogP contribution in [0.3, 0.4) is 0 Å². The molecule has 5 nitrogen and oxygen atoms in total. The average Bonchev–Trinajstić information content (AvgIpc) is 2.74. The number of carbonyl (C=O) groups is 1. The standard InChI is InChI=1S/C14H16N2O3/c1-7-4-9(12(19-3)5-8(7)2)11-6-10(14(17)18)13(15)16-11/h4-6,16H,15H2,1-3H3,(H,17,18). The molecular weight excluding hydrogens is 244 g/mol. The third-order valence-electron chi connectivity index (χ3n) is 3.18. The van der Waals surface area contributed by atoms with Gasteiger partial charge in [0, 0.05) is 5.56 Å². The van der Waals surface area contributed by atoms with E-state index in [9.17, 15) is 4.79 Å². The van der Waals surface area contributed by atoms with Crippen LogP contribution in [0.2, 0.25) is 0 Å². The zero-order valence-electron chi connectivity index (χ0n) is 11.1. The normalized spacial score (nSPS) is 10.5. The number of aromatic carboxylic acids is 1. The molecule has 0 saturated heterocycles. The average molecular weight is 260 g/mol. The number of nitrogens with two attached hydrogens (primary N) is 1. The summed E-state index contributed by atoms with van der Waals surface area (Å²) in [4.78, 5) is 13.9. The number of aromatic nitrogens is 1. The van der Waals surface area contributed by atoms with Crippen molar-refractivity contribution in [1.82, 2.24) is 4.98 Å². The second-order valence-electron chi connectivity index (χ2n) is 4.45. The summed E-state index contributed by atoms with van der Waals surface area (Å²) in [5.41, 5.74) is 9.37. The van der Waals surface area contributed by atoms with Gasteiger partial charge in [-0.1, -0.05) is 0 Å². The largest absolute Gasteiger partial charge is 0.496 e. The van der Waals surface area contributed by atoms with E-state index in [1.165, 1.54) is 6.07 Å². The van der Waals surface area contributed by atoms with Crippen LogP contribution in [0.25, 0.3) is 11.3 Å². The molecule has 0 aliphatic rings.